The summed E-state index contributed by atoms with van der Waals surface area (Å²) in [5.74, 6) is 0.574. The minimum atomic E-state index is -0.534. The molecule has 4 nitrogen and oxygen atoms in total. The molecule has 2 aromatic carbocycles. The highest BCUT2D eigenvalue weighted by Crippen LogP contribution is 2.34. The number of rotatable bonds is 7. The molecule has 0 spiro atoms. The smallest absolute Gasteiger partial charge is 0.261 e. The third-order valence-corrected chi connectivity index (χ3v) is 5.93. The van der Waals surface area contributed by atoms with Crippen LogP contribution in [0.1, 0.15) is 37.3 Å². The van der Waals surface area contributed by atoms with Gasteiger partial charge < -0.3 is 14.8 Å². The Morgan fingerprint density at radius 1 is 1.21 bits per heavy atom. The standard InChI is InChI=1S/C23H28ClNO3/c1-3-21(28-19-9-10-20(24)17(2)15-19)22(26)25-16-23(11-13-27-14-12-23)18-7-5-4-6-8-18/h4-10,15,21H,3,11-14,16H2,1-2H3,(H,25,26). The van der Waals surface area contributed by atoms with Gasteiger partial charge in [0.15, 0.2) is 6.10 Å². The van der Waals surface area contributed by atoms with Gasteiger partial charge in [-0.25, -0.2) is 0 Å². The Morgan fingerprint density at radius 3 is 2.57 bits per heavy atom. The highest BCUT2D eigenvalue weighted by molar-refractivity contribution is 6.31. The fourth-order valence-corrected chi connectivity index (χ4v) is 3.79. The predicted octanol–water partition coefficient (Wildman–Crippen LogP) is 4.67. The van der Waals surface area contributed by atoms with Crippen molar-refractivity contribution in [3.63, 3.8) is 0 Å². The Labute approximate surface area is 172 Å². The lowest BCUT2D eigenvalue weighted by molar-refractivity contribution is -0.128. The number of amides is 1. The lowest BCUT2D eigenvalue weighted by atomic mass is 9.74. The lowest BCUT2D eigenvalue weighted by Gasteiger charge is -2.38. The van der Waals surface area contributed by atoms with Crippen molar-refractivity contribution < 1.29 is 14.3 Å². The predicted molar refractivity (Wildman–Crippen MR) is 112 cm³/mol. The molecule has 1 N–H and O–H groups in total. The van der Waals surface area contributed by atoms with Gasteiger partial charge in [-0.15, -0.1) is 0 Å². The van der Waals surface area contributed by atoms with Gasteiger partial charge in [0.1, 0.15) is 5.75 Å². The molecule has 0 radical (unpaired) electrons. The Morgan fingerprint density at radius 2 is 1.93 bits per heavy atom. The summed E-state index contributed by atoms with van der Waals surface area (Å²) in [6.45, 7) is 5.88. The van der Waals surface area contributed by atoms with Crippen LogP contribution in [0.2, 0.25) is 5.02 Å². The van der Waals surface area contributed by atoms with Crippen LogP contribution in [0.5, 0.6) is 5.75 Å². The summed E-state index contributed by atoms with van der Waals surface area (Å²) < 4.78 is 11.5. The minimum absolute atomic E-state index is 0.0862. The van der Waals surface area contributed by atoms with E-state index in [4.69, 9.17) is 21.1 Å². The molecule has 5 heteroatoms. The maximum atomic E-state index is 12.9. The number of ether oxygens (including phenoxy) is 2. The highest BCUT2D eigenvalue weighted by Gasteiger charge is 2.35. The number of carbonyl (C=O) groups is 1. The number of halogens is 1. The van der Waals surface area contributed by atoms with Gasteiger partial charge in [-0.05, 0) is 55.5 Å². The molecule has 3 rings (SSSR count). The number of hydrogen-bond donors (Lipinski definition) is 1. The number of nitrogens with one attached hydrogen (secondary N) is 1. The van der Waals surface area contributed by atoms with E-state index in [0.29, 0.717) is 37.0 Å². The van der Waals surface area contributed by atoms with Crippen molar-refractivity contribution in [1.82, 2.24) is 5.32 Å². The average molecular weight is 402 g/mol. The third-order valence-electron chi connectivity index (χ3n) is 5.51. The van der Waals surface area contributed by atoms with Crippen molar-refractivity contribution in [3.05, 3.63) is 64.7 Å². The highest BCUT2D eigenvalue weighted by atomic mass is 35.5. The summed E-state index contributed by atoms with van der Waals surface area (Å²) in [6, 6.07) is 15.9. The fourth-order valence-electron chi connectivity index (χ4n) is 3.67. The Balaban J connectivity index is 1.68. The second-order valence-electron chi connectivity index (χ2n) is 7.40. The van der Waals surface area contributed by atoms with E-state index in [2.05, 4.69) is 29.6 Å². The number of carbonyl (C=O) groups excluding carboxylic acids is 1. The quantitative estimate of drug-likeness (QED) is 0.733. The molecule has 1 saturated heterocycles. The van der Waals surface area contributed by atoms with Crippen molar-refractivity contribution in [2.45, 2.75) is 44.6 Å². The van der Waals surface area contributed by atoms with Crippen LogP contribution in [0, 0.1) is 6.92 Å². The van der Waals surface area contributed by atoms with E-state index >= 15 is 0 Å². The molecular weight excluding hydrogens is 374 g/mol. The van der Waals surface area contributed by atoms with Gasteiger partial charge in [0, 0.05) is 30.2 Å². The monoisotopic (exact) mass is 401 g/mol. The zero-order chi connectivity index (χ0) is 20.0. The van der Waals surface area contributed by atoms with E-state index in [1.165, 1.54) is 5.56 Å². The van der Waals surface area contributed by atoms with Crippen molar-refractivity contribution in [3.8, 4) is 5.75 Å². The van der Waals surface area contributed by atoms with Gasteiger partial charge in [0.05, 0.1) is 0 Å². The summed E-state index contributed by atoms with van der Waals surface area (Å²) in [7, 11) is 0. The SMILES string of the molecule is CCC(Oc1ccc(Cl)c(C)c1)C(=O)NCC1(c2ccccc2)CCOCC1. The Bertz CT molecular complexity index is 788. The molecule has 1 atom stereocenters. The fraction of sp³-hybridized carbons (Fsp3) is 0.435. The van der Waals surface area contributed by atoms with Crippen LogP contribution in [0.15, 0.2) is 48.5 Å². The summed E-state index contributed by atoms with van der Waals surface area (Å²) >= 11 is 6.08. The van der Waals surface area contributed by atoms with Crippen LogP contribution in [0.25, 0.3) is 0 Å². The zero-order valence-electron chi connectivity index (χ0n) is 16.5. The minimum Gasteiger partial charge on any atom is -0.481 e. The number of aryl methyl sites for hydroxylation is 1. The molecule has 1 aliphatic rings. The van der Waals surface area contributed by atoms with E-state index in [9.17, 15) is 4.79 Å². The second kappa shape index (κ2) is 9.44. The molecule has 0 bridgehead atoms. The molecule has 1 aliphatic heterocycles. The summed E-state index contributed by atoms with van der Waals surface area (Å²) in [4.78, 5) is 12.9. The van der Waals surface area contributed by atoms with Crippen molar-refractivity contribution in [2.24, 2.45) is 0 Å². The first-order valence-corrected chi connectivity index (χ1v) is 10.3. The van der Waals surface area contributed by atoms with Crippen LogP contribution in [-0.2, 0) is 14.9 Å². The lowest BCUT2D eigenvalue weighted by Crippen LogP contribution is -2.48. The zero-order valence-corrected chi connectivity index (χ0v) is 17.3. The van der Waals surface area contributed by atoms with Gasteiger partial charge in [-0.3, -0.25) is 4.79 Å². The normalized spacial score (nSPS) is 17.0. The molecule has 1 unspecified atom stereocenters. The first kappa shape index (κ1) is 20.7. The Kier molecular flexibility index (Phi) is 6.97. The van der Waals surface area contributed by atoms with Crippen LogP contribution in [-0.4, -0.2) is 31.8 Å². The van der Waals surface area contributed by atoms with E-state index < -0.39 is 6.10 Å². The third kappa shape index (κ3) is 4.86. The molecule has 1 amide bonds. The maximum absolute atomic E-state index is 12.9. The maximum Gasteiger partial charge on any atom is 0.261 e. The van der Waals surface area contributed by atoms with Crippen LogP contribution < -0.4 is 10.1 Å². The average Bonchev–Trinajstić information content (AvgIpc) is 2.74. The van der Waals surface area contributed by atoms with E-state index in [1.807, 2.05) is 26.0 Å². The molecule has 150 valence electrons. The molecule has 28 heavy (non-hydrogen) atoms. The van der Waals surface area contributed by atoms with Crippen molar-refractivity contribution in [1.29, 1.82) is 0 Å². The van der Waals surface area contributed by atoms with Gasteiger partial charge in [-0.1, -0.05) is 48.9 Å². The molecular formula is C23H28ClNO3. The summed E-state index contributed by atoms with van der Waals surface area (Å²) in [5, 5.41) is 3.83. The van der Waals surface area contributed by atoms with Gasteiger partial charge in [-0.2, -0.15) is 0 Å². The van der Waals surface area contributed by atoms with Gasteiger partial charge in [0.25, 0.3) is 5.91 Å². The number of hydrogen-bond acceptors (Lipinski definition) is 3. The van der Waals surface area contributed by atoms with E-state index in [-0.39, 0.29) is 11.3 Å². The van der Waals surface area contributed by atoms with E-state index in [1.54, 1.807) is 12.1 Å². The Hall–Kier alpha value is -2.04. The molecule has 0 aliphatic carbocycles. The van der Waals surface area contributed by atoms with Crippen LogP contribution in [0.3, 0.4) is 0 Å². The first-order valence-electron chi connectivity index (χ1n) is 9.88. The van der Waals surface area contributed by atoms with Crippen molar-refractivity contribution >= 4 is 17.5 Å². The molecule has 1 fully saturated rings. The van der Waals surface area contributed by atoms with Gasteiger partial charge in [0.2, 0.25) is 0 Å². The second-order valence-corrected chi connectivity index (χ2v) is 7.81. The summed E-state index contributed by atoms with van der Waals surface area (Å²) in [6.07, 6.45) is 1.85. The largest absolute Gasteiger partial charge is 0.481 e. The van der Waals surface area contributed by atoms with E-state index in [0.717, 1.165) is 18.4 Å². The van der Waals surface area contributed by atoms with Crippen LogP contribution >= 0.6 is 11.6 Å². The van der Waals surface area contributed by atoms with Crippen LogP contribution in [0.4, 0.5) is 0 Å². The molecule has 0 saturated carbocycles. The number of benzene rings is 2. The molecule has 0 aromatic heterocycles. The van der Waals surface area contributed by atoms with Gasteiger partial charge >= 0.3 is 0 Å². The summed E-state index contributed by atoms with van der Waals surface area (Å²) in [5.41, 5.74) is 2.09. The molecule has 1 heterocycles. The van der Waals surface area contributed by atoms with Crippen molar-refractivity contribution in [2.75, 3.05) is 19.8 Å². The first-order chi connectivity index (χ1) is 13.5. The molecule has 2 aromatic rings. The topological polar surface area (TPSA) is 47.6 Å².